The van der Waals surface area contributed by atoms with Gasteiger partial charge in [-0.1, -0.05) is 0 Å². The monoisotopic (exact) mass is 450 g/mol. The number of hydrogen-bond donors (Lipinski definition) is 3. The van der Waals surface area contributed by atoms with E-state index in [0.29, 0.717) is 11.5 Å². The first-order chi connectivity index (χ1) is 14.8. The summed E-state index contributed by atoms with van der Waals surface area (Å²) in [7, 11) is -3.77. The molecule has 166 valence electrons. The Morgan fingerprint density at radius 2 is 1.61 bits per heavy atom. The van der Waals surface area contributed by atoms with Crippen LogP contribution in [0.4, 0.5) is 4.39 Å². The van der Waals surface area contributed by atoms with Crippen molar-refractivity contribution >= 4 is 15.7 Å². The third-order valence-corrected chi connectivity index (χ3v) is 7.23. The first-order valence-electron chi connectivity index (χ1n) is 9.91. The van der Waals surface area contributed by atoms with Crippen LogP contribution in [0, 0.1) is 5.82 Å². The van der Waals surface area contributed by atoms with Crippen LogP contribution in [-0.4, -0.2) is 43.2 Å². The number of fused-ring (bicyclic) bond motifs is 2. The fourth-order valence-corrected chi connectivity index (χ4v) is 5.31. The van der Waals surface area contributed by atoms with E-state index in [-0.39, 0.29) is 35.8 Å². The fourth-order valence-electron chi connectivity index (χ4n) is 4.13. The second-order valence-electron chi connectivity index (χ2n) is 7.85. The highest BCUT2D eigenvalue weighted by Gasteiger charge is 2.49. The Morgan fingerprint density at radius 1 is 1.06 bits per heavy atom. The SMILES string of the molecule is O=C(NO)[C@@]1(NCS(=O)(=O)c2ccc(Oc3ccc(F)cc3)cc2)C[C@H]2CC[C@@H](C1)O2. The second kappa shape index (κ2) is 8.54. The van der Waals surface area contributed by atoms with Crippen LogP contribution < -0.4 is 15.5 Å². The van der Waals surface area contributed by atoms with Gasteiger partial charge < -0.3 is 9.47 Å². The van der Waals surface area contributed by atoms with Crippen molar-refractivity contribution in [2.24, 2.45) is 0 Å². The molecule has 2 aromatic carbocycles. The van der Waals surface area contributed by atoms with Gasteiger partial charge in [-0.15, -0.1) is 0 Å². The van der Waals surface area contributed by atoms with Gasteiger partial charge in [-0.05, 0) is 61.4 Å². The van der Waals surface area contributed by atoms with Crippen LogP contribution in [0.15, 0.2) is 53.4 Å². The number of rotatable bonds is 7. The van der Waals surface area contributed by atoms with E-state index in [1.165, 1.54) is 48.5 Å². The topological polar surface area (TPSA) is 114 Å². The maximum atomic E-state index is 13.0. The molecule has 2 saturated heterocycles. The number of amides is 1. The molecule has 2 aliphatic heterocycles. The number of carbonyl (C=O) groups is 1. The number of halogens is 1. The Hall–Kier alpha value is -2.53. The summed E-state index contributed by atoms with van der Waals surface area (Å²) in [6.45, 7) is 0. The minimum Gasteiger partial charge on any atom is -0.457 e. The summed E-state index contributed by atoms with van der Waals surface area (Å²) in [5, 5.41) is 12.1. The van der Waals surface area contributed by atoms with Gasteiger partial charge in [-0.25, -0.2) is 18.3 Å². The first kappa shape index (κ1) is 21.7. The Bertz CT molecular complexity index is 1030. The molecule has 2 fully saturated rings. The van der Waals surface area contributed by atoms with Gasteiger partial charge in [-0.3, -0.25) is 15.3 Å². The molecule has 0 radical (unpaired) electrons. The van der Waals surface area contributed by atoms with Crippen LogP contribution in [0.1, 0.15) is 25.7 Å². The molecule has 2 aromatic rings. The lowest BCUT2D eigenvalue weighted by atomic mass is 9.86. The summed E-state index contributed by atoms with van der Waals surface area (Å²) in [5.41, 5.74) is 0.452. The number of hydrogen-bond acceptors (Lipinski definition) is 7. The van der Waals surface area contributed by atoms with E-state index in [2.05, 4.69) is 5.32 Å². The molecule has 1 amide bonds. The molecule has 0 aromatic heterocycles. The summed E-state index contributed by atoms with van der Waals surface area (Å²) >= 11 is 0. The number of sulfone groups is 1. The molecule has 2 heterocycles. The Labute approximate surface area is 179 Å². The summed E-state index contributed by atoms with van der Waals surface area (Å²) < 4.78 is 50.0. The molecule has 31 heavy (non-hydrogen) atoms. The lowest BCUT2D eigenvalue weighted by molar-refractivity contribution is -0.143. The van der Waals surface area contributed by atoms with Crippen molar-refractivity contribution in [2.45, 2.75) is 48.3 Å². The van der Waals surface area contributed by atoms with Gasteiger partial charge >= 0.3 is 0 Å². The number of benzene rings is 2. The van der Waals surface area contributed by atoms with E-state index in [1.807, 2.05) is 0 Å². The standard InChI is InChI=1S/C21H23FN2O6S/c22-14-1-3-15(4-2-14)29-16-7-9-19(10-8-16)31(27,28)13-23-21(20(25)24-26)11-17-5-6-18(12-21)30-17/h1-4,7-10,17-18,23,26H,5-6,11-13H2,(H,24,25)/t17-,18+,21-. The van der Waals surface area contributed by atoms with Crippen molar-refractivity contribution in [1.29, 1.82) is 0 Å². The molecule has 0 spiro atoms. The van der Waals surface area contributed by atoms with Crippen molar-refractivity contribution < 1.29 is 32.3 Å². The Kier molecular flexibility index (Phi) is 5.98. The van der Waals surface area contributed by atoms with E-state index in [0.717, 1.165) is 12.8 Å². The first-order valence-corrected chi connectivity index (χ1v) is 11.6. The maximum Gasteiger partial charge on any atom is 0.263 e. The molecule has 2 aliphatic rings. The van der Waals surface area contributed by atoms with Crippen LogP contribution in [0.2, 0.25) is 0 Å². The molecule has 3 N–H and O–H groups in total. The van der Waals surface area contributed by atoms with Gasteiger partial charge in [0.2, 0.25) is 0 Å². The van der Waals surface area contributed by atoms with Gasteiger partial charge in [0.15, 0.2) is 9.84 Å². The van der Waals surface area contributed by atoms with Crippen molar-refractivity contribution in [3.63, 3.8) is 0 Å². The summed E-state index contributed by atoms with van der Waals surface area (Å²) in [5.74, 6) is -0.698. The highest BCUT2D eigenvalue weighted by atomic mass is 32.2. The summed E-state index contributed by atoms with van der Waals surface area (Å²) in [6.07, 6.45) is 1.89. The van der Waals surface area contributed by atoms with Crippen LogP contribution in [-0.2, 0) is 19.4 Å². The zero-order valence-corrected chi connectivity index (χ0v) is 17.4. The third kappa shape index (κ3) is 4.72. The third-order valence-electron chi connectivity index (χ3n) is 5.72. The van der Waals surface area contributed by atoms with Crippen LogP contribution in [0.5, 0.6) is 11.5 Å². The van der Waals surface area contributed by atoms with E-state index >= 15 is 0 Å². The number of nitrogens with one attached hydrogen (secondary N) is 2. The lowest BCUT2D eigenvalue weighted by Crippen LogP contribution is -2.61. The predicted molar refractivity (Wildman–Crippen MR) is 108 cm³/mol. The smallest absolute Gasteiger partial charge is 0.263 e. The average Bonchev–Trinajstić information content (AvgIpc) is 3.12. The van der Waals surface area contributed by atoms with Crippen molar-refractivity contribution in [2.75, 3.05) is 5.88 Å². The van der Waals surface area contributed by atoms with Crippen molar-refractivity contribution in [3.8, 4) is 11.5 Å². The molecule has 4 rings (SSSR count). The molecule has 0 saturated carbocycles. The summed E-state index contributed by atoms with van der Waals surface area (Å²) in [6, 6.07) is 11.3. The lowest BCUT2D eigenvalue weighted by Gasteiger charge is -2.39. The normalized spacial score (nSPS) is 25.2. The number of carbonyl (C=O) groups excluding carboxylic acids is 1. The molecular formula is C21H23FN2O6S. The molecular weight excluding hydrogens is 427 g/mol. The second-order valence-corrected chi connectivity index (χ2v) is 9.84. The van der Waals surface area contributed by atoms with Crippen LogP contribution in [0.25, 0.3) is 0 Å². The highest BCUT2D eigenvalue weighted by molar-refractivity contribution is 7.91. The van der Waals surface area contributed by atoms with Gasteiger partial charge in [0, 0.05) is 12.8 Å². The molecule has 0 unspecified atom stereocenters. The van der Waals surface area contributed by atoms with Crippen molar-refractivity contribution in [1.82, 2.24) is 10.8 Å². The van der Waals surface area contributed by atoms with E-state index in [1.54, 1.807) is 5.48 Å². The van der Waals surface area contributed by atoms with E-state index < -0.39 is 27.2 Å². The molecule has 2 bridgehead atoms. The van der Waals surface area contributed by atoms with Gasteiger partial charge in [0.05, 0.1) is 17.1 Å². The largest absolute Gasteiger partial charge is 0.457 e. The molecule has 0 aliphatic carbocycles. The number of ether oxygens (including phenoxy) is 2. The highest BCUT2D eigenvalue weighted by Crippen LogP contribution is 2.38. The van der Waals surface area contributed by atoms with Crippen LogP contribution in [0.3, 0.4) is 0 Å². The zero-order chi connectivity index (χ0) is 22.1. The zero-order valence-electron chi connectivity index (χ0n) is 16.6. The van der Waals surface area contributed by atoms with Gasteiger partial charge in [0.25, 0.3) is 5.91 Å². The van der Waals surface area contributed by atoms with Crippen molar-refractivity contribution in [3.05, 3.63) is 54.3 Å². The minimum absolute atomic E-state index is 0.0565. The molecule has 8 nitrogen and oxygen atoms in total. The van der Waals surface area contributed by atoms with Gasteiger partial charge in [-0.2, -0.15) is 0 Å². The minimum atomic E-state index is -3.77. The predicted octanol–water partition coefficient (Wildman–Crippen LogP) is 2.52. The Morgan fingerprint density at radius 3 is 2.16 bits per heavy atom. The fraction of sp³-hybridized carbons (Fsp3) is 0.381. The van der Waals surface area contributed by atoms with Gasteiger partial charge in [0.1, 0.15) is 28.7 Å². The molecule has 10 heteroatoms. The maximum absolute atomic E-state index is 13.0. The van der Waals surface area contributed by atoms with Crippen LogP contribution >= 0.6 is 0 Å². The quantitative estimate of drug-likeness (QED) is 0.439. The van der Waals surface area contributed by atoms with E-state index in [9.17, 15) is 22.8 Å². The summed E-state index contributed by atoms with van der Waals surface area (Å²) in [4.78, 5) is 12.4. The number of hydroxylamine groups is 1. The average molecular weight is 450 g/mol. The molecule has 3 atom stereocenters. The Balaban J connectivity index is 1.45. The van der Waals surface area contributed by atoms with E-state index in [4.69, 9.17) is 9.47 Å².